The lowest BCUT2D eigenvalue weighted by atomic mass is 9.86. The van der Waals surface area contributed by atoms with Crippen molar-refractivity contribution in [1.29, 1.82) is 0 Å². The number of aliphatic hydroxyl groups is 1. The van der Waals surface area contributed by atoms with Crippen molar-refractivity contribution in [2.24, 2.45) is 4.99 Å². The number of fused-ring (bicyclic) bond motifs is 3. The van der Waals surface area contributed by atoms with Gasteiger partial charge in [-0.1, -0.05) is 61.9 Å². The van der Waals surface area contributed by atoms with Crippen molar-refractivity contribution in [2.75, 3.05) is 13.1 Å². The van der Waals surface area contributed by atoms with Gasteiger partial charge in [-0.25, -0.2) is 0 Å². The van der Waals surface area contributed by atoms with Gasteiger partial charge in [0.1, 0.15) is 5.84 Å². The highest BCUT2D eigenvalue weighted by Crippen LogP contribution is 2.38. The van der Waals surface area contributed by atoms with Gasteiger partial charge in [-0.2, -0.15) is 0 Å². The predicted molar refractivity (Wildman–Crippen MR) is 97.2 cm³/mol. The van der Waals surface area contributed by atoms with E-state index in [0.29, 0.717) is 6.42 Å². The molecule has 0 amide bonds. The molecule has 1 atom stereocenters. The fourth-order valence-electron chi connectivity index (χ4n) is 3.87. The molecule has 0 spiro atoms. The van der Waals surface area contributed by atoms with E-state index in [1.165, 1.54) is 29.5 Å². The molecular weight excluding hydrogens is 296 g/mol. The van der Waals surface area contributed by atoms with Gasteiger partial charge in [0.2, 0.25) is 0 Å². The molecule has 2 aromatic rings. The van der Waals surface area contributed by atoms with Gasteiger partial charge in [0.25, 0.3) is 0 Å². The minimum Gasteiger partial charge on any atom is -0.366 e. The Morgan fingerprint density at radius 2 is 1.92 bits per heavy atom. The third kappa shape index (κ3) is 2.44. The summed E-state index contributed by atoms with van der Waals surface area (Å²) < 4.78 is 0. The Balaban J connectivity index is 1.71. The number of rotatable bonds is 4. The summed E-state index contributed by atoms with van der Waals surface area (Å²) in [7, 11) is 0. The van der Waals surface area contributed by atoms with Crippen LogP contribution in [0.15, 0.2) is 53.5 Å². The van der Waals surface area contributed by atoms with Crippen LogP contribution >= 0.6 is 0 Å². The quantitative estimate of drug-likeness (QED) is 0.936. The van der Waals surface area contributed by atoms with Crippen molar-refractivity contribution in [3.63, 3.8) is 0 Å². The number of hydrogen-bond donors (Lipinski definition) is 1. The highest BCUT2D eigenvalue weighted by Gasteiger charge is 2.44. The monoisotopic (exact) mass is 320 g/mol. The number of aryl methyl sites for hydroxylation is 1. The van der Waals surface area contributed by atoms with Gasteiger partial charge in [-0.15, -0.1) is 0 Å². The fourth-order valence-corrected chi connectivity index (χ4v) is 3.87. The summed E-state index contributed by atoms with van der Waals surface area (Å²) in [6.07, 6.45) is 4.13. The lowest BCUT2D eigenvalue weighted by Crippen LogP contribution is -2.53. The first kappa shape index (κ1) is 15.4. The molecule has 1 N–H and O–H groups in total. The fraction of sp³-hybridized carbons (Fsp3) is 0.381. The summed E-state index contributed by atoms with van der Waals surface area (Å²) in [5.41, 5.74) is 3.65. The number of amidine groups is 1. The number of hydrogen-bond acceptors (Lipinski definition) is 3. The Bertz CT molecular complexity index is 766. The maximum absolute atomic E-state index is 11.6. The van der Waals surface area contributed by atoms with Crippen LogP contribution in [0.25, 0.3) is 0 Å². The van der Waals surface area contributed by atoms with E-state index >= 15 is 0 Å². The summed E-state index contributed by atoms with van der Waals surface area (Å²) in [6, 6.07) is 16.8. The molecule has 0 aromatic heterocycles. The molecule has 2 aromatic carbocycles. The van der Waals surface area contributed by atoms with Crippen LogP contribution in [0.5, 0.6) is 0 Å². The highest BCUT2D eigenvalue weighted by molar-refractivity contribution is 6.02. The van der Waals surface area contributed by atoms with Crippen LogP contribution in [0.2, 0.25) is 0 Å². The normalized spacial score (nSPS) is 22.1. The molecule has 3 heteroatoms. The minimum absolute atomic E-state index is 0.608. The zero-order valence-corrected chi connectivity index (χ0v) is 14.2. The molecule has 0 bridgehead atoms. The third-order valence-corrected chi connectivity index (χ3v) is 5.22. The second kappa shape index (κ2) is 6.06. The van der Waals surface area contributed by atoms with Crippen LogP contribution in [0.4, 0.5) is 0 Å². The number of unbranched alkanes of at least 4 members (excludes halogenated alkanes) is 1. The second-order valence-corrected chi connectivity index (χ2v) is 6.81. The first-order valence-corrected chi connectivity index (χ1v) is 8.94. The minimum atomic E-state index is -0.993. The molecule has 0 fully saturated rings. The molecule has 0 radical (unpaired) electrons. The van der Waals surface area contributed by atoms with E-state index in [9.17, 15) is 5.11 Å². The van der Waals surface area contributed by atoms with Crippen LogP contribution < -0.4 is 0 Å². The van der Waals surface area contributed by atoms with Crippen molar-refractivity contribution in [1.82, 2.24) is 4.90 Å². The molecule has 0 aliphatic carbocycles. The van der Waals surface area contributed by atoms with Crippen LogP contribution in [0.3, 0.4) is 0 Å². The molecule has 24 heavy (non-hydrogen) atoms. The smallest absolute Gasteiger partial charge is 0.169 e. The van der Waals surface area contributed by atoms with Gasteiger partial charge in [0, 0.05) is 24.1 Å². The van der Waals surface area contributed by atoms with Gasteiger partial charge in [-0.3, -0.25) is 4.99 Å². The molecule has 3 nitrogen and oxygen atoms in total. The summed E-state index contributed by atoms with van der Waals surface area (Å²) in [6.45, 7) is 3.74. The standard InChI is InChI=1S/C21H24N2O/c1-2-3-6-16-9-11-18(12-10-16)21(24)15-17-7-4-5-8-19(17)20-22-13-14-23(20)21/h4-5,7-12,24H,2-3,6,13-15H2,1H3. The third-order valence-electron chi connectivity index (χ3n) is 5.22. The van der Waals surface area contributed by atoms with Crippen LogP contribution in [-0.4, -0.2) is 28.9 Å². The first-order chi connectivity index (χ1) is 11.7. The van der Waals surface area contributed by atoms with E-state index < -0.39 is 5.72 Å². The van der Waals surface area contributed by atoms with E-state index in [2.05, 4.69) is 53.2 Å². The molecule has 0 saturated heterocycles. The summed E-state index contributed by atoms with van der Waals surface area (Å²) in [5, 5.41) is 11.6. The van der Waals surface area contributed by atoms with E-state index in [0.717, 1.165) is 30.9 Å². The SMILES string of the molecule is CCCCc1ccc(C2(O)Cc3ccccc3C3=NCCN32)cc1. The van der Waals surface area contributed by atoms with E-state index in [4.69, 9.17) is 0 Å². The molecule has 2 aliphatic heterocycles. The average Bonchev–Trinajstić information content (AvgIpc) is 3.12. The zero-order valence-electron chi connectivity index (χ0n) is 14.2. The molecule has 2 heterocycles. The van der Waals surface area contributed by atoms with E-state index in [1.54, 1.807) is 0 Å². The number of aliphatic imine (C=N–C) groups is 1. The molecule has 124 valence electrons. The Kier molecular flexibility index (Phi) is 3.89. The van der Waals surface area contributed by atoms with Crippen LogP contribution in [-0.2, 0) is 18.6 Å². The predicted octanol–water partition coefficient (Wildman–Crippen LogP) is 3.49. The largest absolute Gasteiger partial charge is 0.366 e. The first-order valence-electron chi connectivity index (χ1n) is 8.94. The Labute approximate surface area is 143 Å². The zero-order chi connectivity index (χ0) is 16.6. The van der Waals surface area contributed by atoms with Gasteiger partial charge < -0.3 is 10.0 Å². The molecule has 1 unspecified atom stereocenters. The van der Waals surface area contributed by atoms with Crippen molar-refractivity contribution >= 4 is 5.84 Å². The topological polar surface area (TPSA) is 35.8 Å². The molecular formula is C21H24N2O. The van der Waals surface area contributed by atoms with Gasteiger partial charge in [0.15, 0.2) is 5.72 Å². The van der Waals surface area contributed by atoms with E-state index in [-0.39, 0.29) is 0 Å². The lowest BCUT2D eigenvalue weighted by molar-refractivity contribution is -0.0745. The average molecular weight is 320 g/mol. The van der Waals surface area contributed by atoms with Crippen molar-refractivity contribution < 1.29 is 5.11 Å². The maximum Gasteiger partial charge on any atom is 0.169 e. The van der Waals surface area contributed by atoms with Crippen LogP contribution in [0.1, 0.15) is 42.0 Å². The molecule has 0 saturated carbocycles. The van der Waals surface area contributed by atoms with Crippen molar-refractivity contribution in [3.8, 4) is 0 Å². The lowest BCUT2D eigenvalue weighted by Gasteiger charge is -2.43. The van der Waals surface area contributed by atoms with Gasteiger partial charge in [-0.05, 0) is 24.0 Å². The Hall–Kier alpha value is -2.13. The maximum atomic E-state index is 11.6. The second-order valence-electron chi connectivity index (χ2n) is 6.81. The Morgan fingerprint density at radius 1 is 1.12 bits per heavy atom. The number of nitrogens with zero attached hydrogens (tertiary/aromatic N) is 2. The number of benzene rings is 2. The molecule has 2 aliphatic rings. The molecule has 4 rings (SSSR count). The van der Waals surface area contributed by atoms with Gasteiger partial charge in [0.05, 0.1) is 6.54 Å². The summed E-state index contributed by atoms with van der Waals surface area (Å²) >= 11 is 0. The van der Waals surface area contributed by atoms with E-state index in [1.807, 2.05) is 12.1 Å². The highest BCUT2D eigenvalue weighted by atomic mass is 16.3. The summed E-state index contributed by atoms with van der Waals surface area (Å²) in [5.74, 6) is 0.939. The van der Waals surface area contributed by atoms with Gasteiger partial charge >= 0.3 is 0 Å². The summed E-state index contributed by atoms with van der Waals surface area (Å²) in [4.78, 5) is 6.74. The van der Waals surface area contributed by atoms with Crippen LogP contribution in [0, 0.1) is 0 Å². The van der Waals surface area contributed by atoms with Crippen molar-refractivity contribution in [2.45, 2.75) is 38.3 Å². The van der Waals surface area contributed by atoms with Crippen molar-refractivity contribution in [3.05, 3.63) is 70.8 Å². The Morgan fingerprint density at radius 3 is 2.71 bits per heavy atom.